The lowest BCUT2D eigenvalue weighted by molar-refractivity contribution is 1.34. The highest BCUT2D eigenvalue weighted by molar-refractivity contribution is 5.23. The van der Waals surface area contributed by atoms with Gasteiger partial charge in [-0.05, 0) is 31.9 Å². The molecule has 0 saturated carbocycles. The van der Waals surface area contributed by atoms with Gasteiger partial charge in [0.2, 0.25) is 0 Å². The molecule has 0 amide bonds. The lowest BCUT2D eigenvalue weighted by atomic mass is 10.1. The van der Waals surface area contributed by atoms with Gasteiger partial charge in [-0.3, -0.25) is 0 Å². The Hall–Kier alpha value is -1.30. The average molecular weight is 174 g/mol. The first-order valence-electron chi connectivity index (χ1n) is 4.48. The van der Waals surface area contributed by atoms with Crippen molar-refractivity contribution in [2.45, 2.75) is 20.8 Å². The maximum atomic E-state index is 3.46. The van der Waals surface area contributed by atoms with Crippen LogP contribution in [-0.2, 0) is 0 Å². The van der Waals surface area contributed by atoms with E-state index < -0.39 is 0 Å². The molecule has 0 fully saturated rings. The molecule has 0 heteroatoms. The summed E-state index contributed by atoms with van der Waals surface area (Å²) < 4.78 is 0. The molecule has 0 unspecified atom stereocenters. The number of hydrogen-bond donors (Lipinski definition) is 0. The van der Waals surface area contributed by atoms with Gasteiger partial charge in [0, 0.05) is 0 Å². The van der Waals surface area contributed by atoms with Gasteiger partial charge in [-0.25, -0.2) is 0 Å². The number of hydrogen-bond acceptors (Lipinski definition) is 0. The van der Waals surface area contributed by atoms with Crippen molar-refractivity contribution < 1.29 is 0 Å². The molecule has 0 saturated heterocycles. The minimum Gasteiger partial charge on any atom is -0.0991 e. The molecule has 1 aromatic rings. The zero-order valence-electron chi connectivity index (χ0n) is 8.75. The van der Waals surface area contributed by atoms with Crippen LogP contribution >= 0.6 is 0 Å². The molecule has 0 heterocycles. The fourth-order valence-electron chi connectivity index (χ4n) is 0.799. The molecule has 0 N–H and O–H groups in total. The monoisotopic (exact) mass is 174 g/mol. The number of rotatable bonds is 1. The Bertz CT molecular complexity index is 248. The maximum Gasteiger partial charge on any atom is -0.0395 e. The number of allylic oxidation sites excluding steroid dienone is 3. The lowest BCUT2D eigenvalue weighted by Gasteiger charge is -1.93. The summed E-state index contributed by atoms with van der Waals surface area (Å²) in [4.78, 5) is 0. The molecule has 13 heavy (non-hydrogen) atoms. The SMILES string of the molecule is C=C/C=C\C.Cc1ccccc1C. The highest BCUT2D eigenvalue weighted by atomic mass is 13.9. The van der Waals surface area contributed by atoms with Gasteiger partial charge in [0.05, 0.1) is 0 Å². The van der Waals surface area contributed by atoms with Gasteiger partial charge >= 0.3 is 0 Å². The van der Waals surface area contributed by atoms with Crippen LogP contribution in [0.4, 0.5) is 0 Å². The van der Waals surface area contributed by atoms with E-state index in [4.69, 9.17) is 0 Å². The van der Waals surface area contributed by atoms with E-state index in [1.807, 2.05) is 19.1 Å². The van der Waals surface area contributed by atoms with Crippen molar-refractivity contribution in [2.75, 3.05) is 0 Å². The lowest BCUT2D eigenvalue weighted by Crippen LogP contribution is -1.74. The predicted octanol–water partition coefficient (Wildman–Crippen LogP) is 4.05. The summed E-state index contributed by atoms with van der Waals surface area (Å²) in [6.45, 7) is 9.66. The highest BCUT2D eigenvalue weighted by Gasteiger charge is 1.83. The zero-order chi connectivity index (χ0) is 10.1. The molecule has 0 atom stereocenters. The van der Waals surface area contributed by atoms with Crippen LogP contribution in [0.2, 0.25) is 0 Å². The van der Waals surface area contributed by atoms with E-state index in [0.29, 0.717) is 0 Å². The molecular weight excluding hydrogens is 156 g/mol. The topological polar surface area (TPSA) is 0 Å². The van der Waals surface area contributed by atoms with Crippen molar-refractivity contribution >= 4 is 0 Å². The van der Waals surface area contributed by atoms with Crippen LogP contribution in [0.15, 0.2) is 49.1 Å². The predicted molar refractivity (Wildman–Crippen MR) is 60.9 cm³/mol. The fourth-order valence-corrected chi connectivity index (χ4v) is 0.799. The molecule has 0 spiro atoms. The first-order valence-corrected chi connectivity index (χ1v) is 4.48. The van der Waals surface area contributed by atoms with Gasteiger partial charge in [0.15, 0.2) is 0 Å². The molecule has 0 nitrogen and oxygen atoms in total. The second-order valence-corrected chi connectivity index (χ2v) is 2.85. The van der Waals surface area contributed by atoms with E-state index >= 15 is 0 Å². The molecule has 0 aliphatic heterocycles. The molecule has 0 bridgehead atoms. The largest absolute Gasteiger partial charge is 0.0991 e. The Morgan fingerprint density at radius 2 is 1.54 bits per heavy atom. The number of aryl methyl sites for hydroxylation is 2. The van der Waals surface area contributed by atoms with Crippen LogP contribution in [0.25, 0.3) is 0 Å². The van der Waals surface area contributed by atoms with Crippen LogP contribution in [-0.4, -0.2) is 0 Å². The molecule has 1 rings (SSSR count). The van der Waals surface area contributed by atoms with E-state index in [-0.39, 0.29) is 0 Å². The van der Waals surface area contributed by atoms with E-state index in [0.717, 1.165) is 0 Å². The second kappa shape index (κ2) is 7.35. The quantitative estimate of drug-likeness (QED) is 0.563. The molecular formula is C13H18. The summed E-state index contributed by atoms with van der Waals surface area (Å²) in [5.74, 6) is 0. The minimum absolute atomic E-state index is 1.37. The van der Waals surface area contributed by atoms with Gasteiger partial charge in [-0.1, -0.05) is 49.1 Å². The smallest absolute Gasteiger partial charge is 0.0395 e. The van der Waals surface area contributed by atoms with Crippen molar-refractivity contribution in [1.82, 2.24) is 0 Å². The first-order chi connectivity index (χ1) is 6.22. The van der Waals surface area contributed by atoms with Crippen LogP contribution < -0.4 is 0 Å². The molecule has 70 valence electrons. The highest BCUT2D eigenvalue weighted by Crippen LogP contribution is 2.02. The Morgan fingerprint density at radius 3 is 1.69 bits per heavy atom. The third-order valence-corrected chi connectivity index (χ3v) is 1.75. The average Bonchev–Trinajstić information content (AvgIpc) is 2.13. The molecule has 1 aromatic carbocycles. The standard InChI is InChI=1S/C8H10.C5H8/c1-7-5-3-4-6-8(7)2;1-3-5-4-2/h3-6H,1-2H3;3-5H,1H2,2H3/b;5-4-. The zero-order valence-corrected chi connectivity index (χ0v) is 8.75. The van der Waals surface area contributed by atoms with E-state index in [2.05, 4.69) is 44.7 Å². The van der Waals surface area contributed by atoms with Crippen molar-refractivity contribution in [1.29, 1.82) is 0 Å². The summed E-state index contributed by atoms with van der Waals surface area (Å²) in [6.07, 6.45) is 5.58. The van der Waals surface area contributed by atoms with Crippen molar-refractivity contribution in [3.8, 4) is 0 Å². The maximum absolute atomic E-state index is 3.46. The number of benzene rings is 1. The summed E-state index contributed by atoms with van der Waals surface area (Å²) in [7, 11) is 0. The second-order valence-electron chi connectivity index (χ2n) is 2.85. The van der Waals surface area contributed by atoms with Crippen molar-refractivity contribution in [2.24, 2.45) is 0 Å². The van der Waals surface area contributed by atoms with Gasteiger partial charge in [0.1, 0.15) is 0 Å². The first kappa shape index (κ1) is 11.7. The summed E-state index contributed by atoms with van der Waals surface area (Å²) in [5.41, 5.74) is 2.74. The Morgan fingerprint density at radius 1 is 1.08 bits per heavy atom. The molecule has 0 aromatic heterocycles. The summed E-state index contributed by atoms with van der Waals surface area (Å²) >= 11 is 0. The van der Waals surface area contributed by atoms with Crippen LogP contribution in [0.5, 0.6) is 0 Å². The van der Waals surface area contributed by atoms with Gasteiger partial charge in [-0.2, -0.15) is 0 Å². The third-order valence-electron chi connectivity index (χ3n) is 1.75. The molecule has 0 aliphatic rings. The van der Waals surface area contributed by atoms with Crippen LogP contribution in [0.1, 0.15) is 18.1 Å². The Kier molecular flexibility index (Phi) is 6.62. The van der Waals surface area contributed by atoms with Gasteiger partial charge < -0.3 is 0 Å². The Labute approximate surface area is 81.6 Å². The van der Waals surface area contributed by atoms with E-state index in [9.17, 15) is 0 Å². The van der Waals surface area contributed by atoms with Crippen molar-refractivity contribution in [3.63, 3.8) is 0 Å². The van der Waals surface area contributed by atoms with Gasteiger partial charge in [-0.15, -0.1) is 0 Å². The molecule has 0 aliphatic carbocycles. The molecule has 0 radical (unpaired) electrons. The fraction of sp³-hybridized carbons (Fsp3) is 0.231. The van der Waals surface area contributed by atoms with Crippen molar-refractivity contribution in [3.05, 3.63) is 60.2 Å². The normalized spacial score (nSPS) is 9.15. The third kappa shape index (κ3) is 5.92. The van der Waals surface area contributed by atoms with Crippen LogP contribution in [0, 0.1) is 13.8 Å². The summed E-state index contributed by atoms with van der Waals surface area (Å²) in [5, 5.41) is 0. The van der Waals surface area contributed by atoms with Crippen LogP contribution in [0.3, 0.4) is 0 Å². The van der Waals surface area contributed by atoms with Gasteiger partial charge in [0.25, 0.3) is 0 Å². The van der Waals surface area contributed by atoms with E-state index in [1.54, 1.807) is 6.08 Å². The Balaban J connectivity index is 0.000000252. The summed E-state index contributed by atoms with van der Waals surface area (Å²) in [6, 6.07) is 8.36. The minimum atomic E-state index is 1.37. The van der Waals surface area contributed by atoms with E-state index in [1.165, 1.54) is 11.1 Å².